The van der Waals surface area contributed by atoms with Gasteiger partial charge in [0.15, 0.2) is 0 Å². The summed E-state index contributed by atoms with van der Waals surface area (Å²) in [5.41, 5.74) is -0.762. The minimum atomic E-state index is -0.762. The van der Waals surface area contributed by atoms with Gasteiger partial charge in [-0.2, -0.15) is 0 Å². The van der Waals surface area contributed by atoms with Crippen LogP contribution in [0.25, 0.3) is 0 Å². The van der Waals surface area contributed by atoms with Crippen LogP contribution in [-0.4, -0.2) is 101 Å². The third kappa shape index (κ3) is 3.49. The zero-order valence-corrected chi connectivity index (χ0v) is 17.1. The Labute approximate surface area is 170 Å². The van der Waals surface area contributed by atoms with Crippen LogP contribution in [0.2, 0.25) is 0 Å². The molecule has 1 spiro atoms. The predicted octanol–water partition coefficient (Wildman–Crippen LogP) is 0.433. The molecule has 0 aromatic carbocycles. The summed E-state index contributed by atoms with van der Waals surface area (Å²) in [5.74, 6) is -0.470. The predicted molar refractivity (Wildman–Crippen MR) is 103 cm³/mol. The molecule has 3 saturated heterocycles. The summed E-state index contributed by atoms with van der Waals surface area (Å²) in [4.78, 5) is 57.0. The van der Waals surface area contributed by atoms with E-state index in [4.69, 9.17) is 4.74 Å². The van der Waals surface area contributed by atoms with Crippen molar-refractivity contribution in [1.82, 2.24) is 19.6 Å². The molecule has 3 aliphatic heterocycles. The lowest BCUT2D eigenvalue weighted by Gasteiger charge is -2.36. The second-order valence-corrected chi connectivity index (χ2v) is 8.53. The Morgan fingerprint density at radius 2 is 1.66 bits per heavy atom. The van der Waals surface area contributed by atoms with Gasteiger partial charge in [0.25, 0.3) is 11.8 Å². The normalized spacial score (nSPS) is 27.3. The minimum Gasteiger partial charge on any atom is -0.368 e. The first-order valence-corrected chi connectivity index (χ1v) is 10.7. The summed E-state index contributed by atoms with van der Waals surface area (Å²) < 4.78 is 5.46. The number of hydrogen-bond donors (Lipinski definition) is 0. The standard InChI is InChI=1S/C20H30N4O5/c1-21-19(28)24(18(27)20(21)7-3-2-4-8-20)14-16(25)22-9-11-23(12-10-22)17(26)15-6-5-13-29-15/h15H,2-14H2,1H3. The molecule has 0 aromatic rings. The molecule has 5 amide bonds. The molecule has 9 heteroatoms. The van der Waals surface area contributed by atoms with Gasteiger partial charge in [0.1, 0.15) is 18.2 Å². The van der Waals surface area contributed by atoms with E-state index in [-0.39, 0.29) is 36.4 Å². The molecule has 29 heavy (non-hydrogen) atoms. The van der Waals surface area contributed by atoms with Crippen molar-refractivity contribution < 1.29 is 23.9 Å². The second kappa shape index (κ2) is 7.93. The van der Waals surface area contributed by atoms with Crippen LogP contribution in [0.3, 0.4) is 0 Å². The first-order chi connectivity index (χ1) is 13.9. The highest BCUT2D eigenvalue weighted by molar-refractivity contribution is 6.09. The van der Waals surface area contributed by atoms with E-state index in [1.165, 1.54) is 0 Å². The van der Waals surface area contributed by atoms with E-state index in [9.17, 15) is 19.2 Å². The summed E-state index contributed by atoms with van der Waals surface area (Å²) >= 11 is 0. The van der Waals surface area contributed by atoms with E-state index in [0.29, 0.717) is 45.6 Å². The summed E-state index contributed by atoms with van der Waals surface area (Å²) in [5, 5.41) is 0. The molecule has 0 radical (unpaired) electrons. The molecule has 3 heterocycles. The number of carbonyl (C=O) groups is 4. The van der Waals surface area contributed by atoms with Crippen LogP contribution in [0.5, 0.6) is 0 Å². The van der Waals surface area contributed by atoms with Gasteiger partial charge in [0.2, 0.25) is 5.91 Å². The molecule has 0 bridgehead atoms. The highest BCUT2D eigenvalue weighted by Gasteiger charge is 2.56. The summed E-state index contributed by atoms with van der Waals surface area (Å²) in [6.45, 7) is 2.14. The van der Waals surface area contributed by atoms with Gasteiger partial charge in [-0.05, 0) is 25.7 Å². The third-order valence-electron chi connectivity index (χ3n) is 6.93. The quantitative estimate of drug-likeness (QED) is 0.634. The molecular formula is C20H30N4O5. The molecule has 4 rings (SSSR count). The van der Waals surface area contributed by atoms with E-state index >= 15 is 0 Å². The van der Waals surface area contributed by atoms with Gasteiger partial charge < -0.3 is 19.4 Å². The van der Waals surface area contributed by atoms with E-state index in [2.05, 4.69) is 0 Å². The van der Waals surface area contributed by atoms with Crippen LogP contribution in [-0.2, 0) is 19.1 Å². The van der Waals surface area contributed by atoms with Crippen molar-refractivity contribution >= 4 is 23.8 Å². The number of nitrogens with zero attached hydrogens (tertiary/aromatic N) is 4. The van der Waals surface area contributed by atoms with Gasteiger partial charge >= 0.3 is 6.03 Å². The number of carbonyl (C=O) groups excluding carboxylic acids is 4. The van der Waals surface area contributed by atoms with Gasteiger partial charge in [-0.15, -0.1) is 0 Å². The Morgan fingerprint density at radius 1 is 1.00 bits per heavy atom. The monoisotopic (exact) mass is 406 g/mol. The first kappa shape index (κ1) is 20.1. The van der Waals surface area contributed by atoms with Crippen molar-refractivity contribution in [3.8, 4) is 0 Å². The number of rotatable bonds is 3. The highest BCUT2D eigenvalue weighted by Crippen LogP contribution is 2.39. The zero-order valence-electron chi connectivity index (χ0n) is 17.1. The fourth-order valence-corrected chi connectivity index (χ4v) is 5.06. The van der Waals surface area contributed by atoms with Gasteiger partial charge in [-0.25, -0.2) is 4.79 Å². The van der Waals surface area contributed by atoms with Crippen molar-refractivity contribution in [2.45, 2.75) is 56.6 Å². The van der Waals surface area contributed by atoms with E-state index < -0.39 is 5.54 Å². The van der Waals surface area contributed by atoms with E-state index in [0.717, 1.165) is 37.0 Å². The van der Waals surface area contributed by atoms with Gasteiger partial charge in [0.05, 0.1) is 0 Å². The van der Waals surface area contributed by atoms with Crippen LogP contribution < -0.4 is 0 Å². The van der Waals surface area contributed by atoms with Crippen LogP contribution in [0.4, 0.5) is 4.79 Å². The van der Waals surface area contributed by atoms with E-state index in [1.54, 1.807) is 21.7 Å². The average Bonchev–Trinajstić information content (AvgIpc) is 3.35. The van der Waals surface area contributed by atoms with Crippen LogP contribution in [0.1, 0.15) is 44.9 Å². The van der Waals surface area contributed by atoms with Gasteiger partial charge in [-0.3, -0.25) is 19.3 Å². The molecule has 1 unspecified atom stereocenters. The van der Waals surface area contributed by atoms with Gasteiger partial charge in [0, 0.05) is 39.8 Å². The van der Waals surface area contributed by atoms with Gasteiger partial charge in [-0.1, -0.05) is 19.3 Å². The van der Waals surface area contributed by atoms with Crippen molar-refractivity contribution in [2.75, 3.05) is 46.4 Å². The maximum absolute atomic E-state index is 13.0. The summed E-state index contributed by atoms with van der Waals surface area (Å²) in [7, 11) is 1.67. The Hall–Kier alpha value is -2.16. The largest absolute Gasteiger partial charge is 0.368 e. The minimum absolute atomic E-state index is 0.000336. The van der Waals surface area contributed by atoms with Crippen molar-refractivity contribution in [1.29, 1.82) is 0 Å². The number of ether oxygens (including phenoxy) is 1. The lowest BCUT2D eigenvalue weighted by Crippen LogP contribution is -2.55. The average molecular weight is 406 g/mol. The topological polar surface area (TPSA) is 90.5 Å². The number of imide groups is 1. The Bertz CT molecular complexity index is 691. The van der Waals surface area contributed by atoms with Crippen molar-refractivity contribution in [3.63, 3.8) is 0 Å². The summed E-state index contributed by atoms with van der Waals surface area (Å²) in [6.07, 6.45) is 5.57. The maximum Gasteiger partial charge on any atom is 0.327 e. The van der Waals surface area contributed by atoms with Crippen molar-refractivity contribution in [3.05, 3.63) is 0 Å². The van der Waals surface area contributed by atoms with Crippen LogP contribution in [0, 0.1) is 0 Å². The molecule has 0 N–H and O–H groups in total. The highest BCUT2D eigenvalue weighted by atomic mass is 16.5. The fraction of sp³-hybridized carbons (Fsp3) is 0.800. The molecule has 1 aliphatic carbocycles. The smallest absolute Gasteiger partial charge is 0.327 e. The molecule has 1 saturated carbocycles. The first-order valence-electron chi connectivity index (χ1n) is 10.7. The fourth-order valence-electron chi connectivity index (χ4n) is 5.06. The lowest BCUT2D eigenvalue weighted by molar-refractivity contribution is -0.147. The number of amides is 5. The third-order valence-corrected chi connectivity index (χ3v) is 6.93. The molecule has 4 aliphatic rings. The van der Waals surface area contributed by atoms with E-state index in [1.807, 2.05) is 0 Å². The lowest BCUT2D eigenvalue weighted by atomic mass is 9.81. The Kier molecular flexibility index (Phi) is 5.50. The SMILES string of the molecule is CN1C(=O)N(CC(=O)N2CCN(C(=O)C3CCCO3)CC2)C(=O)C12CCCCC2. The Balaban J connectivity index is 1.33. The molecule has 1 atom stereocenters. The molecule has 4 fully saturated rings. The number of piperazine rings is 1. The molecule has 160 valence electrons. The number of likely N-dealkylation sites (N-methyl/N-ethyl adjacent to an activating group) is 1. The van der Waals surface area contributed by atoms with Crippen molar-refractivity contribution in [2.24, 2.45) is 0 Å². The number of urea groups is 1. The molecule has 0 aromatic heterocycles. The Morgan fingerprint density at radius 3 is 2.28 bits per heavy atom. The van der Waals surface area contributed by atoms with Crippen LogP contribution in [0.15, 0.2) is 0 Å². The van der Waals surface area contributed by atoms with Crippen LogP contribution >= 0.6 is 0 Å². The number of hydrogen-bond acceptors (Lipinski definition) is 5. The zero-order chi connectivity index (χ0) is 20.6. The molecular weight excluding hydrogens is 376 g/mol. The molecule has 9 nitrogen and oxygen atoms in total. The summed E-state index contributed by atoms with van der Waals surface area (Å²) in [6, 6.07) is -0.377. The second-order valence-electron chi connectivity index (χ2n) is 8.53. The maximum atomic E-state index is 13.0.